The SMILES string of the molecule is O=C(C1CCCCC1)C1CCC(O)CC1Cl. The predicted molar refractivity (Wildman–Crippen MR) is 64.6 cm³/mol. The van der Waals surface area contributed by atoms with Crippen LogP contribution < -0.4 is 0 Å². The summed E-state index contributed by atoms with van der Waals surface area (Å²) in [6.07, 6.45) is 7.59. The molecule has 0 radical (unpaired) electrons. The van der Waals surface area contributed by atoms with Gasteiger partial charge in [-0.05, 0) is 32.1 Å². The van der Waals surface area contributed by atoms with Gasteiger partial charge in [-0.2, -0.15) is 0 Å². The summed E-state index contributed by atoms with van der Waals surface area (Å²) in [5, 5.41) is 9.35. The monoisotopic (exact) mass is 244 g/mol. The summed E-state index contributed by atoms with van der Waals surface area (Å²) in [6.45, 7) is 0. The largest absolute Gasteiger partial charge is 0.393 e. The molecule has 0 heterocycles. The van der Waals surface area contributed by atoms with E-state index < -0.39 is 0 Å². The van der Waals surface area contributed by atoms with Gasteiger partial charge in [-0.3, -0.25) is 4.79 Å². The van der Waals surface area contributed by atoms with Gasteiger partial charge in [0.15, 0.2) is 0 Å². The lowest BCUT2D eigenvalue weighted by atomic mass is 9.76. The fraction of sp³-hybridized carbons (Fsp3) is 0.923. The van der Waals surface area contributed by atoms with Crippen molar-refractivity contribution in [2.45, 2.75) is 62.8 Å². The molecule has 92 valence electrons. The molecule has 2 aliphatic carbocycles. The number of halogens is 1. The highest BCUT2D eigenvalue weighted by Gasteiger charge is 2.36. The number of hydrogen-bond acceptors (Lipinski definition) is 2. The Kier molecular flexibility index (Phi) is 4.26. The van der Waals surface area contributed by atoms with Gasteiger partial charge in [0.2, 0.25) is 0 Å². The molecule has 2 nitrogen and oxygen atoms in total. The van der Waals surface area contributed by atoms with E-state index in [1.165, 1.54) is 19.3 Å². The van der Waals surface area contributed by atoms with Crippen LogP contribution in [0.3, 0.4) is 0 Å². The summed E-state index contributed by atoms with van der Waals surface area (Å²) >= 11 is 6.21. The summed E-state index contributed by atoms with van der Waals surface area (Å²) in [4.78, 5) is 12.3. The van der Waals surface area contributed by atoms with E-state index in [0.29, 0.717) is 12.2 Å². The lowest BCUT2D eigenvalue weighted by Crippen LogP contribution is -2.37. The van der Waals surface area contributed by atoms with Crippen molar-refractivity contribution in [3.05, 3.63) is 0 Å². The first-order chi connectivity index (χ1) is 7.68. The number of aliphatic hydroxyl groups is 1. The number of carbonyl (C=O) groups is 1. The number of carbonyl (C=O) groups excluding carboxylic acids is 1. The van der Waals surface area contributed by atoms with Crippen LogP contribution in [0.2, 0.25) is 0 Å². The van der Waals surface area contributed by atoms with E-state index in [0.717, 1.165) is 25.7 Å². The van der Waals surface area contributed by atoms with E-state index in [2.05, 4.69) is 0 Å². The van der Waals surface area contributed by atoms with Gasteiger partial charge in [0, 0.05) is 17.2 Å². The van der Waals surface area contributed by atoms with Crippen molar-refractivity contribution in [3.8, 4) is 0 Å². The number of hydrogen-bond donors (Lipinski definition) is 1. The zero-order valence-corrected chi connectivity index (χ0v) is 10.5. The average Bonchev–Trinajstić information content (AvgIpc) is 2.29. The van der Waals surface area contributed by atoms with Crippen molar-refractivity contribution in [2.24, 2.45) is 11.8 Å². The Balaban J connectivity index is 1.92. The van der Waals surface area contributed by atoms with E-state index in [-0.39, 0.29) is 23.3 Å². The van der Waals surface area contributed by atoms with Crippen LogP contribution in [0.15, 0.2) is 0 Å². The number of aliphatic hydroxyl groups excluding tert-OH is 1. The molecule has 0 saturated heterocycles. The van der Waals surface area contributed by atoms with Crippen molar-refractivity contribution in [1.29, 1.82) is 0 Å². The van der Waals surface area contributed by atoms with E-state index in [1.54, 1.807) is 0 Å². The van der Waals surface area contributed by atoms with Crippen molar-refractivity contribution < 1.29 is 9.90 Å². The number of Topliss-reactive ketones (excluding diaryl/α,β-unsaturated/α-hetero) is 1. The smallest absolute Gasteiger partial charge is 0.140 e. The lowest BCUT2D eigenvalue weighted by Gasteiger charge is -2.32. The van der Waals surface area contributed by atoms with Gasteiger partial charge in [-0.1, -0.05) is 19.3 Å². The molecule has 3 unspecified atom stereocenters. The van der Waals surface area contributed by atoms with Crippen molar-refractivity contribution in [3.63, 3.8) is 0 Å². The third-order valence-corrected chi connectivity index (χ3v) is 4.60. The molecule has 3 heteroatoms. The Labute approximate surface area is 102 Å². The molecular weight excluding hydrogens is 224 g/mol. The highest BCUT2D eigenvalue weighted by molar-refractivity contribution is 6.22. The number of ketones is 1. The summed E-state index contributed by atoms with van der Waals surface area (Å²) in [7, 11) is 0. The standard InChI is InChI=1S/C13H21ClO2/c14-12-8-10(15)6-7-11(12)13(16)9-4-2-1-3-5-9/h9-12,15H,1-8H2. The fourth-order valence-electron chi connectivity index (χ4n) is 3.11. The Morgan fingerprint density at radius 2 is 1.75 bits per heavy atom. The maximum Gasteiger partial charge on any atom is 0.140 e. The zero-order valence-electron chi connectivity index (χ0n) is 9.70. The fourth-order valence-corrected chi connectivity index (χ4v) is 3.56. The van der Waals surface area contributed by atoms with Crippen LogP contribution in [0.5, 0.6) is 0 Å². The Hall–Kier alpha value is -0.0800. The van der Waals surface area contributed by atoms with Crippen LogP contribution in [-0.2, 0) is 4.79 Å². The lowest BCUT2D eigenvalue weighted by molar-refractivity contribution is -0.129. The van der Waals surface area contributed by atoms with Gasteiger partial charge >= 0.3 is 0 Å². The molecule has 0 aromatic rings. The van der Waals surface area contributed by atoms with E-state index >= 15 is 0 Å². The maximum absolute atomic E-state index is 12.3. The normalized spacial score (nSPS) is 37.2. The molecule has 0 aromatic heterocycles. The van der Waals surface area contributed by atoms with Gasteiger partial charge in [-0.15, -0.1) is 11.6 Å². The Bertz CT molecular complexity index is 248. The first-order valence-electron chi connectivity index (χ1n) is 6.54. The van der Waals surface area contributed by atoms with Crippen molar-refractivity contribution in [1.82, 2.24) is 0 Å². The molecular formula is C13H21ClO2. The second kappa shape index (κ2) is 5.50. The third kappa shape index (κ3) is 2.78. The molecule has 0 bridgehead atoms. The summed E-state index contributed by atoms with van der Waals surface area (Å²) in [6, 6.07) is 0. The third-order valence-electron chi connectivity index (χ3n) is 4.12. The average molecular weight is 245 g/mol. The van der Waals surface area contributed by atoms with Crippen LogP contribution in [0, 0.1) is 11.8 Å². The summed E-state index contributed by atoms with van der Waals surface area (Å²) < 4.78 is 0. The minimum absolute atomic E-state index is 0.00756. The van der Waals surface area contributed by atoms with Gasteiger partial charge in [0.1, 0.15) is 5.78 Å². The van der Waals surface area contributed by atoms with Gasteiger partial charge < -0.3 is 5.11 Å². The van der Waals surface area contributed by atoms with Gasteiger partial charge in [0.05, 0.1) is 6.10 Å². The molecule has 1 N–H and O–H groups in total. The summed E-state index contributed by atoms with van der Waals surface area (Å²) in [5.41, 5.74) is 0. The van der Waals surface area contributed by atoms with Crippen LogP contribution in [-0.4, -0.2) is 22.4 Å². The van der Waals surface area contributed by atoms with Crippen molar-refractivity contribution in [2.75, 3.05) is 0 Å². The van der Waals surface area contributed by atoms with Crippen LogP contribution >= 0.6 is 11.6 Å². The zero-order chi connectivity index (χ0) is 11.5. The molecule has 3 atom stereocenters. The molecule has 0 aromatic carbocycles. The first kappa shape index (κ1) is 12.4. The molecule has 0 spiro atoms. The maximum atomic E-state index is 12.3. The molecule has 16 heavy (non-hydrogen) atoms. The minimum atomic E-state index is -0.294. The Morgan fingerprint density at radius 3 is 2.38 bits per heavy atom. The molecule has 0 amide bonds. The second-order valence-electron chi connectivity index (χ2n) is 5.33. The highest BCUT2D eigenvalue weighted by atomic mass is 35.5. The first-order valence-corrected chi connectivity index (χ1v) is 6.98. The van der Waals surface area contributed by atoms with E-state index in [9.17, 15) is 9.90 Å². The molecule has 2 saturated carbocycles. The van der Waals surface area contributed by atoms with Crippen LogP contribution in [0.25, 0.3) is 0 Å². The number of rotatable bonds is 2. The topological polar surface area (TPSA) is 37.3 Å². The molecule has 0 aliphatic heterocycles. The number of alkyl halides is 1. The molecule has 2 fully saturated rings. The summed E-state index contributed by atoms with van der Waals surface area (Å²) in [5.74, 6) is 0.648. The molecule has 2 aliphatic rings. The van der Waals surface area contributed by atoms with Crippen molar-refractivity contribution >= 4 is 17.4 Å². The predicted octanol–water partition coefficient (Wildman–Crippen LogP) is 2.90. The van der Waals surface area contributed by atoms with Gasteiger partial charge in [-0.25, -0.2) is 0 Å². The quantitative estimate of drug-likeness (QED) is 0.759. The van der Waals surface area contributed by atoms with Gasteiger partial charge in [0.25, 0.3) is 0 Å². The molecule has 2 rings (SSSR count). The van der Waals surface area contributed by atoms with E-state index in [4.69, 9.17) is 11.6 Å². The Morgan fingerprint density at radius 1 is 1.06 bits per heavy atom. The van der Waals surface area contributed by atoms with E-state index in [1.807, 2.05) is 0 Å². The second-order valence-corrected chi connectivity index (χ2v) is 5.89. The highest BCUT2D eigenvalue weighted by Crippen LogP contribution is 2.35. The minimum Gasteiger partial charge on any atom is -0.393 e. The van der Waals surface area contributed by atoms with Crippen LogP contribution in [0.1, 0.15) is 51.4 Å². The van der Waals surface area contributed by atoms with Crippen LogP contribution in [0.4, 0.5) is 0 Å².